The molecule has 6 nitrogen and oxygen atoms in total. The zero-order chi connectivity index (χ0) is 31.9. The third-order valence-electron chi connectivity index (χ3n) is 5.12. The van der Waals surface area contributed by atoms with Crippen LogP contribution in [-0.4, -0.2) is 82.0 Å². The first-order valence-corrected chi connectivity index (χ1v) is 11.9. The van der Waals surface area contributed by atoms with Gasteiger partial charge in [0.2, 0.25) is 0 Å². The van der Waals surface area contributed by atoms with Gasteiger partial charge in [-0.3, -0.25) is 28.8 Å². The van der Waals surface area contributed by atoms with Gasteiger partial charge in [-0.2, -0.15) is 39.5 Å². The van der Waals surface area contributed by atoms with Crippen molar-refractivity contribution in [3.8, 4) is 0 Å². The Bertz CT molecular complexity index is 740. The number of hydrogen-bond donors (Lipinski definition) is 0. The quantitative estimate of drug-likeness (QED) is 0.127. The third kappa shape index (κ3) is 18.9. The predicted octanol–water partition coefficient (Wildman–Crippen LogP) is 6.22. The minimum atomic E-state index is -4.75. The van der Waals surface area contributed by atoms with Crippen LogP contribution in [-0.2, 0) is 0 Å². The van der Waals surface area contributed by atoms with Crippen LogP contribution in [0.3, 0.4) is 0 Å². The molecular weight excluding hydrogens is 723 g/mol. The summed E-state index contributed by atoms with van der Waals surface area (Å²) < 4.78 is 107. The largest absolute Gasteiger partial charge is 0.505 e. The minimum absolute atomic E-state index is 0. The SMILES string of the molecule is CCCC(=[OH+])C(C)C(=[OH+])C(F)(F)F.CCCC(=[OH+])C(C)C(=[OH+])C(F)(F)F.CCCC(=[OH+])C(C)C(=[OH+])C(F)(F)F.[Er]. The molecule has 0 aliphatic carbocycles. The van der Waals surface area contributed by atoms with Crippen LogP contribution in [0.5, 0.6) is 0 Å². The maximum Gasteiger partial charge on any atom is 0.505 e. The molecule has 0 saturated carbocycles. The van der Waals surface area contributed by atoms with Gasteiger partial charge in [0.25, 0.3) is 0 Å². The Balaban J connectivity index is -0.000000240. The molecule has 0 aromatic heterocycles. The Morgan fingerprint density at radius 2 is 0.600 bits per heavy atom. The zero-order valence-corrected chi connectivity index (χ0v) is 24.7. The number of hydrogen-bond acceptors (Lipinski definition) is 0. The number of rotatable bonds is 12. The van der Waals surface area contributed by atoms with Crippen molar-refractivity contribution in [3.05, 3.63) is 0 Å². The Labute approximate surface area is 255 Å². The van der Waals surface area contributed by atoms with Crippen LogP contribution in [0.4, 0.5) is 39.5 Å². The minimum Gasteiger partial charge on any atom is -0.283 e. The van der Waals surface area contributed by atoms with Crippen molar-refractivity contribution >= 4 is 34.7 Å². The molecule has 0 aliphatic rings. The van der Waals surface area contributed by atoms with E-state index in [2.05, 4.69) is 0 Å². The summed E-state index contributed by atoms with van der Waals surface area (Å²) in [4.78, 5) is 53.2. The van der Waals surface area contributed by atoms with Crippen LogP contribution in [0.2, 0.25) is 0 Å². The van der Waals surface area contributed by atoms with Gasteiger partial charge in [-0.15, -0.1) is 0 Å². The summed E-state index contributed by atoms with van der Waals surface area (Å²) in [6.45, 7) is 8.55. The Morgan fingerprint density at radius 1 is 0.450 bits per heavy atom. The van der Waals surface area contributed by atoms with Gasteiger partial charge in [-0.25, -0.2) is 0 Å². The predicted molar refractivity (Wildman–Crippen MR) is 132 cm³/mol. The van der Waals surface area contributed by atoms with E-state index in [1.54, 1.807) is 20.8 Å². The summed E-state index contributed by atoms with van der Waals surface area (Å²) >= 11 is 0. The number of ketones is 6. The summed E-state index contributed by atoms with van der Waals surface area (Å²) in [5.41, 5.74) is 0. The molecule has 3 atom stereocenters. The second-order valence-corrected chi connectivity index (χ2v) is 8.54. The van der Waals surface area contributed by atoms with E-state index in [0.717, 1.165) is 20.8 Å². The molecule has 0 spiro atoms. The smallest absolute Gasteiger partial charge is 0.283 e. The first-order valence-electron chi connectivity index (χ1n) is 11.9. The first-order chi connectivity index (χ1) is 17.4. The van der Waals surface area contributed by atoms with Crippen molar-refractivity contribution in [2.75, 3.05) is 0 Å². The second-order valence-electron chi connectivity index (χ2n) is 8.54. The molecule has 0 aliphatic heterocycles. The third-order valence-corrected chi connectivity index (χ3v) is 5.12. The van der Waals surface area contributed by atoms with Crippen molar-refractivity contribution in [1.82, 2.24) is 0 Å². The van der Waals surface area contributed by atoms with E-state index in [1.807, 2.05) is 0 Å². The van der Waals surface area contributed by atoms with E-state index < -0.39 is 53.6 Å². The van der Waals surface area contributed by atoms with Gasteiger partial charge >= 0.3 is 53.2 Å². The fraction of sp³-hybridized carbons (Fsp3) is 0.750. The van der Waals surface area contributed by atoms with Crippen molar-refractivity contribution < 1.29 is 106 Å². The topological polar surface area (TPSA) is 128 Å². The summed E-state index contributed by atoms with van der Waals surface area (Å²) in [6.07, 6.45) is -12.1. The van der Waals surface area contributed by atoms with Crippen LogP contribution in [0.1, 0.15) is 80.1 Å². The maximum absolute atomic E-state index is 11.9. The van der Waals surface area contributed by atoms with Crippen molar-refractivity contribution in [2.45, 2.75) is 98.6 Å². The van der Waals surface area contributed by atoms with Gasteiger partial charge in [0.1, 0.15) is 0 Å². The summed E-state index contributed by atoms with van der Waals surface area (Å²) in [5, 5.41) is 0. The number of halogens is 9. The van der Waals surface area contributed by atoms with Crippen LogP contribution in [0.15, 0.2) is 0 Å². The van der Waals surface area contributed by atoms with Crippen LogP contribution < -0.4 is 0 Å². The average molecular weight is 762 g/mol. The van der Waals surface area contributed by atoms with E-state index in [0.29, 0.717) is 19.3 Å². The molecule has 0 bridgehead atoms. The van der Waals surface area contributed by atoms with E-state index >= 15 is 0 Å². The molecule has 0 saturated heterocycles. The fourth-order valence-corrected chi connectivity index (χ4v) is 2.63. The van der Waals surface area contributed by atoms with E-state index in [-0.39, 0.29) is 73.9 Å². The molecule has 16 heteroatoms. The molecular formula is C24H39ErF9O6+6. The van der Waals surface area contributed by atoms with Crippen molar-refractivity contribution in [2.24, 2.45) is 17.8 Å². The normalized spacial score (nSPS) is 13.6. The monoisotopic (exact) mass is 760 g/mol. The van der Waals surface area contributed by atoms with E-state index in [4.69, 9.17) is 28.8 Å². The molecule has 0 aromatic rings. The number of alkyl halides is 9. The second kappa shape index (κ2) is 20.5. The Hall–Kier alpha value is -1.36. The Morgan fingerprint density at radius 3 is 0.700 bits per heavy atom. The molecule has 0 amide bonds. The zero-order valence-electron chi connectivity index (χ0n) is 22.8. The molecule has 0 rings (SSSR count). The van der Waals surface area contributed by atoms with E-state index in [9.17, 15) is 39.5 Å². The Kier molecular flexibility index (Phi) is 23.4. The fourth-order valence-electron chi connectivity index (χ4n) is 2.63. The molecule has 0 fully saturated rings. The van der Waals surface area contributed by atoms with E-state index in [1.165, 1.54) is 0 Å². The summed E-state index contributed by atoms with van der Waals surface area (Å²) in [5.74, 6) is -9.93. The molecule has 3 unspecified atom stereocenters. The van der Waals surface area contributed by atoms with Crippen LogP contribution in [0.25, 0.3) is 0 Å². The van der Waals surface area contributed by atoms with Crippen molar-refractivity contribution in [1.29, 1.82) is 0 Å². The maximum atomic E-state index is 11.9. The number of carbonyl (C=O) groups excluding carboxylic acids is 6. The standard InChI is InChI=1S/3C8H11F3O2.Er/c3*1-3-4-6(12)5(2)7(13)8(9,10)11;/h3*5H,3-4H2,1-2H3;/p+6. The average Bonchev–Trinajstić information content (AvgIpc) is 2.80. The molecule has 0 heterocycles. The van der Waals surface area contributed by atoms with Gasteiger partial charge in [-0.1, -0.05) is 20.8 Å². The molecule has 0 aromatic carbocycles. The summed E-state index contributed by atoms with van der Waals surface area (Å²) in [6, 6.07) is 0. The van der Waals surface area contributed by atoms with Crippen LogP contribution >= 0.6 is 0 Å². The van der Waals surface area contributed by atoms with Crippen molar-refractivity contribution in [3.63, 3.8) is 0 Å². The van der Waals surface area contributed by atoms with Gasteiger partial charge in [0.15, 0.2) is 17.8 Å². The van der Waals surface area contributed by atoms with Gasteiger partial charge in [0.05, 0.1) is 19.3 Å². The van der Waals surface area contributed by atoms with Gasteiger partial charge < -0.3 is 0 Å². The van der Waals surface area contributed by atoms with Crippen LogP contribution in [0, 0.1) is 55.1 Å². The first kappa shape index (κ1) is 45.6. The molecule has 6 N–H and O–H groups in total. The molecule has 0 radical (unpaired) electrons. The van der Waals surface area contributed by atoms with Gasteiger partial charge in [-0.05, 0) is 40.0 Å². The molecule has 240 valence electrons. The molecule has 40 heavy (non-hydrogen) atoms. The van der Waals surface area contributed by atoms with Gasteiger partial charge in [0, 0.05) is 37.3 Å². The summed E-state index contributed by atoms with van der Waals surface area (Å²) in [7, 11) is 0.